The fourth-order valence-corrected chi connectivity index (χ4v) is 1.08. The second kappa shape index (κ2) is 3.87. The first-order chi connectivity index (χ1) is 6.60. The Labute approximate surface area is 81.6 Å². The molecule has 0 aliphatic carbocycles. The molecular weight excluding hydrogens is 184 g/mol. The number of nitrogen functional groups attached to an aromatic ring is 2. The van der Waals surface area contributed by atoms with E-state index in [0.29, 0.717) is 11.4 Å². The van der Waals surface area contributed by atoms with Crippen LogP contribution in [0.3, 0.4) is 0 Å². The minimum absolute atomic E-state index is 0.249. The Hall–Kier alpha value is -1.91. The molecule has 0 saturated carbocycles. The van der Waals surface area contributed by atoms with Gasteiger partial charge in [-0.3, -0.25) is 0 Å². The van der Waals surface area contributed by atoms with E-state index < -0.39 is 5.97 Å². The second-order valence-corrected chi connectivity index (χ2v) is 2.67. The number of methoxy groups -OCH3 is 2. The van der Waals surface area contributed by atoms with Gasteiger partial charge in [0.15, 0.2) is 0 Å². The topological polar surface area (TPSA) is 87.6 Å². The monoisotopic (exact) mass is 196 g/mol. The van der Waals surface area contributed by atoms with Gasteiger partial charge in [0, 0.05) is 5.69 Å². The van der Waals surface area contributed by atoms with Crippen molar-refractivity contribution in [3.8, 4) is 5.75 Å². The number of carbonyl (C=O) groups excluding carboxylic acids is 1. The first kappa shape index (κ1) is 10.2. The van der Waals surface area contributed by atoms with E-state index in [1.807, 2.05) is 0 Å². The lowest BCUT2D eigenvalue weighted by Crippen LogP contribution is -2.07. The third kappa shape index (κ3) is 1.71. The molecule has 0 radical (unpaired) electrons. The van der Waals surface area contributed by atoms with Crippen molar-refractivity contribution in [3.05, 3.63) is 17.7 Å². The molecule has 0 heterocycles. The summed E-state index contributed by atoms with van der Waals surface area (Å²) in [5.41, 5.74) is 12.1. The molecule has 0 atom stereocenters. The third-order valence-corrected chi connectivity index (χ3v) is 1.81. The van der Waals surface area contributed by atoms with E-state index >= 15 is 0 Å². The van der Waals surface area contributed by atoms with Gasteiger partial charge in [-0.25, -0.2) is 4.79 Å². The molecule has 5 nitrogen and oxygen atoms in total. The maximum absolute atomic E-state index is 11.2. The zero-order valence-corrected chi connectivity index (χ0v) is 8.03. The van der Waals surface area contributed by atoms with Gasteiger partial charge in [0.05, 0.1) is 25.5 Å². The predicted octanol–water partition coefficient (Wildman–Crippen LogP) is 0.646. The summed E-state index contributed by atoms with van der Waals surface area (Å²) in [5, 5.41) is 0. The molecule has 0 aliphatic rings. The third-order valence-electron chi connectivity index (χ3n) is 1.81. The fourth-order valence-electron chi connectivity index (χ4n) is 1.08. The molecule has 5 heteroatoms. The molecule has 4 N–H and O–H groups in total. The summed E-state index contributed by atoms with van der Waals surface area (Å²) in [6.45, 7) is 0. The van der Waals surface area contributed by atoms with E-state index in [0.717, 1.165) is 0 Å². The normalized spacial score (nSPS) is 9.57. The van der Waals surface area contributed by atoms with Gasteiger partial charge in [-0.05, 0) is 12.1 Å². The summed E-state index contributed by atoms with van der Waals surface area (Å²) in [6, 6.07) is 2.92. The van der Waals surface area contributed by atoms with Crippen molar-refractivity contribution in [1.29, 1.82) is 0 Å². The molecule has 76 valence electrons. The largest absolute Gasteiger partial charge is 0.495 e. The van der Waals surface area contributed by atoms with Gasteiger partial charge in [0.2, 0.25) is 0 Å². The molecule has 1 rings (SSSR count). The number of ether oxygens (including phenoxy) is 2. The number of anilines is 2. The van der Waals surface area contributed by atoms with Gasteiger partial charge in [0.1, 0.15) is 5.75 Å². The zero-order chi connectivity index (χ0) is 10.7. The highest BCUT2D eigenvalue weighted by atomic mass is 16.5. The van der Waals surface area contributed by atoms with Crippen molar-refractivity contribution in [1.82, 2.24) is 0 Å². The number of hydrogen-bond acceptors (Lipinski definition) is 5. The Kier molecular flexibility index (Phi) is 2.81. The zero-order valence-electron chi connectivity index (χ0n) is 8.03. The molecule has 1 aromatic carbocycles. The molecule has 0 aliphatic heterocycles. The van der Waals surface area contributed by atoms with Crippen LogP contribution in [0, 0.1) is 0 Å². The van der Waals surface area contributed by atoms with Gasteiger partial charge in [0.25, 0.3) is 0 Å². The lowest BCUT2D eigenvalue weighted by Gasteiger charge is -2.08. The van der Waals surface area contributed by atoms with E-state index in [9.17, 15) is 4.79 Å². The Morgan fingerprint density at radius 2 is 1.86 bits per heavy atom. The minimum Gasteiger partial charge on any atom is -0.495 e. The fraction of sp³-hybridized carbons (Fsp3) is 0.222. The number of nitrogens with two attached hydrogens (primary N) is 2. The average Bonchev–Trinajstić information content (AvgIpc) is 2.17. The van der Waals surface area contributed by atoms with Crippen molar-refractivity contribution in [2.24, 2.45) is 0 Å². The Bertz CT molecular complexity index is 363. The van der Waals surface area contributed by atoms with Gasteiger partial charge in [-0.2, -0.15) is 0 Å². The van der Waals surface area contributed by atoms with Crippen molar-refractivity contribution in [3.63, 3.8) is 0 Å². The second-order valence-electron chi connectivity index (χ2n) is 2.67. The van der Waals surface area contributed by atoms with Crippen LogP contribution in [0.1, 0.15) is 10.4 Å². The van der Waals surface area contributed by atoms with Crippen LogP contribution in [0.4, 0.5) is 11.4 Å². The Balaban J connectivity index is 3.24. The molecule has 0 spiro atoms. The molecule has 1 aromatic rings. The average molecular weight is 196 g/mol. The van der Waals surface area contributed by atoms with Crippen LogP contribution in [0.25, 0.3) is 0 Å². The van der Waals surface area contributed by atoms with Crippen molar-refractivity contribution >= 4 is 17.3 Å². The van der Waals surface area contributed by atoms with E-state index in [2.05, 4.69) is 4.74 Å². The first-order valence-corrected chi connectivity index (χ1v) is 3.91. The van der Waals surface area contributed by atoms with E-state index in [1.54, 1.807) is 0 Å². The highest BCUT2D eigenvalue weighted by molar-refractivity contribution is 5.96. The van der Waals surface area contributed by atoms with Crippen LogP contribution in [0.2, 0.25) is 0 Å². The molecule has 0 bridgehead atoms. The lowest BCUT2D eigenvalue weighted by molar-refractivity contribution is 0.0601. The molecule has 0 saturated heterocycles. The van der Waals surface area contributed by atoms with E-state index in [1.165, 1.54) is 26.4 Å². The maximum atomic E-state index is 11.2. The summed E-state index contributed by atoms with van der Waals surface area (Å²) in [6.07, 6.45) is 0. The minimum atomic E-state index is -0.513. The number of esters is 1. The van der Waals surface area contributed by atoms with Gasteiger partial charge < -0.3 is 20.9 Å². The summed E-state index contributed by atoms with van der Waals surface area (Å²) >= 11 is 0. The molecule has 0 fully saturated rings. The summed E-state index contributed by atoms with van der Waals surface area (Å²) in [7, 11) is 2.74. The molecule has 14 heavy (non-hydrogen) atoms. The number of hydrogen-bond donors (Lipinski definition) is 2. The van der Waals surface area contributed by atoms with Gasteiger partial charge in [-0.1, -0.05) is 0 Å². The van der Waals surface area contributed by atoms with Crippen LogP contribution in [-0.4, -0.2) is 20.2 Å². The van der Waals surface area contributed by atoms with Crippen LogP contribution in [0.5, 0.6) is 5.75 Å². The van der Waals surface area contributed by atoms with Crippen LogP contribution < -0.4 is 16.2 Å². The highest BCUT2D eigenvalue weighted by Crippen LogP contribution is 2.27. The maximum Gasteiger partial charge on any atom is 0.340 e. The molecule has 0 aromatic heterocycles. The van der Waals surface area contributed by atoms with Crippen LogP contribution in [0.15, 0.2) is 12.1 Å². The quantitative estimate of drug-likeness (QED) is 0.535. The van der Waals surface area contributed by atoms with Crippen LogP contribution >= 0.6 is 0 Å². The number of benzene rings is 1. The summed E-state index contributed by atoms with van der Waals surface area (Å²) in [4.78, 5) is 11.2. The smallest absolute Gasteiger partial charge is 0.340 e. The van der Waals surface area contributed by atoms with E-state index in [-0.39, 0.29) is 11.3 Å². The van der Waals surface area contributed by atoms with E-state index in [4.69, 9.17) is 16.2 Å². The first-order valence-electron chi connectivity index (χ1n) is 3.91. The Morgan fingerprint density at radius 1 is 1.21 bits per heavy atom. The lowest BCUT2D eigenvalue weighted by atomic mass is 10.1. The highest BCUT2D eigenvalue weighted by Gasteiger charge is 2.13. The summed E-state index contributed by atoms with van der Waals surface area (Å²) in [5.74, 6) is -0.111. The molecular formula is C9H12N2O3. The Morgan fingerprint density at radius 3 is 2.36 bits per heavy atom. The van der Waals surface area contributed by atoms with Gasteiger partial charge in [-0.15, -0.1) is 0 Å². The standard InChI is InChI=1S/C9H12N2O3/c1-13-8-3-5(9(12)14-2)6(10)4-7(8)11/h3-4H,10-11H2,1-2H3. The SMILES string of the molecule is COC(=O)c1cc(OC)c(N)cc1N. The molecule has 0 unspecified atom stereocenters. The van der Waals surface area contributed by atoms with Crippen molar-refractivity contribution in [2.45, 2.75) is 0 Å². The van der Waals surface area contributed by atoms with Crippen molar-refractivity contribution < 1.29 is 14.3 Å². The number of rotatable bonds is 2. The van der Waals surface area contributed by atoms with Crippen molar-refractivity contribution in [2.75, 3.05) is 25.7 Å². The van der Waals surface area contributed by atoms with Gasteiger partial charge >= 0.3 is 5.97 Å². The molecule has 0 amide bonds. The predicted molar refractivity (Wildman–Crippen MR) is 53.2 cm³/mol. The van der Waals surface area contributed by atoms with Crippen LogP contribution in [-0.2, 0) is 4.74 Å². The summed E-state index contributed by atoms with van der Waals surface area (Å²) < 4.78 is 9.49. The number of carbonyl (C=O) groups is 1.